The molecule has 16 heavy (non-hydrogen) atoms. The molecule has 0 unspecified atom stereocenters. The Kier molecular flexibility index (Phi) is 3.77. The average molecular weight is 289 g/mol. The fourth-order valence-electron chi connectivity index (χ4n) is 3.02. The minimum atomic E-state index is -0.0583. The van der Waals surface area contributed by atoms with Crippen LogP contribution in [0.4, 0.5) is 0 Å². The first kappa shape index (κ1) is 12.6. The Morgan fingerprint density at radius 2 is 2.00 bits per heavy atom. The first-order valence-corrected chi connectivity index (χ1v) is 7.17. The van der Waals surface area contributed by atoms with Crippen LogP contribution in [0, 0.1) is 17.3 Å². The number of halogens is 1. The Bertz CT molecular complexity index is 280. The molecule has 2 atom stereocenters. The highest BCUT2D eigenvalue weighted by Crippen LogP contribution is 2.46. The van der Waals surface area contributed by atoms with E-state index in [1.54, 1.807) is 0 Å². The molecule has 3 heteroatoms. The lowest BCUT2D eigenvalue weighted by atomic mass is 9.63. The van der Waals surface area contributed by atoms with Gasteiger partial charge in [-0.2, -0.15) is 0 Å². The fraction of sp³-hybridized carbons (Fsp3) is 0.846. The van der Waals surface area contributed by atoms with E-state index >= 15 is 0 Å². The molecular weight excluding hydrogens is 268 g/mol. The molecule has 0 aromatic carbocycles. The van der Waals surface area contributed by atoms with Crippen molar-refractivity contribution in [3.05, 3.63) is 11.6 Å². The Hall–Kier alpha value is 0.140. The second kappa shape index (κ2) is 4.79. The van der Waals surface area contributed by atoms with E-state index in [1.807, 2.05) is 0 Å². The van der Waals surface area contributed by atoms with Gasteiger partial charge in [0.15, 0.2) is 6.29 Å². The van der Waals surface area contributed by atoms with E-state index < -0.39 is 0 Å². The largest absolute Gasteiger partial charge is 0.351 e. The van der Waals surface area contributed by atoms with Gasteiger partial charge in [0.2, 0.25) is 0 Å². The summed E-state index contributed by atoms with van der Waals surface area (Å²) in [5.41, 5.74) is 1.70. The molecule has 0 N–H and O–H groups in total. The van der Waals surface area contributed by atoms with E-state index in [0.717, 1.165) is 18.5 Å². The Balaban J connectivity index is 2.13. The Morgan fingerprint density at radius 1 is 1.38 bits per heavy atom. The molecule has 0 bridgehead atoms. The molecule has 92 valence electrons. The molecule has 0 amide bonds. The average Bonchev–Trinajstić information content (AvgIpc) is 2.27. The lowest BCUT2D eigenvalue weighted by molar-refractivity contribution is -0.239. The van der Waals surface area contributed by atoms with Crippen LogP contribution in [0.1, 0.15) is 27.2 Å². The highest BCUT2D eigenvalue weighted by molar-refractivity contribution is 9.09. The first-order chi connectivity index (χ1) is 7.58. The minimum absolute atomic E-state index is 0.0583. The number of allylic oxidation sites excluding steroid dienone is 2. The summed E-state index contributed by atoms with van der Waals surface area (Å²) in [6.45, 7) is 8.50. The maximum Gasteiger partial charge on any atom is 0.167 e. The normalized spacial score (nSPS) is 44.5. The molecule has 1 heterocycles. The van der Waals surface area contributed by atoms with Gasteiger partial charge in [0.05, 0.1) is 18.5 Å². The third-order valence-electron chi connectivity index (χ3n) is 4.25. The maximum atomic E-state index is 5.80. The Labute approximate surface area is 107 Å². The molecule has 0 radical (unpaired) electrons. The van der Waals surface area contributed by atoms with E-state index in [4.69, 9.17) is 9.47 Å². The van der Waals surface area contributed by atoms with Crippen molar-refractivity contribution in [3.63, 3.8) is 0 Å². The van der Waals surface area contributed by atoms with Gasteiger partial charge < -0.3 is 9.47 Å². The molecule has 0 aromatic rings. The highest BCUT2D eigenvalue weighted by Gasteiger charge is 2.46. The zero-order valence-corrected chi connectivity index (χ0v) is 11.9. The summed E-state index contributed by atoms with van der Waals surface area (Å²) < 4.78 is 11.6. The van der Waals surface area contributed by atoms with Gasteiger partial charge >= 0.3 is 0 Å². The van der Waals surface area contributed by atoms with Gasteiger partial charge in [-0.3, -0.25) is 0 Å². The molecule has 2 aliphatic rings. The van der Waals surface area contributed by atoms with Crippen LogP contribution >= 0.6 is 15.9 Å². The van der Waals surface area contributed by atoms with Crippen LogP contribution in [0.2, 0.25) is 0 Å². The minimum Gasteiger partial charge on any atom is -0.351 e. The molecule has 1 spiro atoms. The molecule has 2 rings (SSSR count). The van der Waals surface area contributed by atoms with Crippen LogP contribution in [0.15, 0.2) is 11.6 Å². The molecule has 0 aromatic heterocycles. The van der Waals surface area contributed by atoms with E-state index in [2.05, 4.69) is 42.8 Å². The number of rotatable bonds is 1. The van der Waals surface area contributed by atoms with Crippen LogP contribution in [-0.4, -0.2) is 24.8 Å². The standard InChI is InChI=1S/C13H21BrO2/c1-9-4-10(2)13(11(3)5-9)7-15-12(6-14)16-8-13/h4,10-12H,5-8H2,1-3H3/t10-,11+,12?,13?/m0/s1. The van der Waals surface area contributed by atoms with Crippen molar-refractivity contribution in [2.24, 2.45) is 17.3 Å². The van der Waals surface area contributed by atoms with Crippen LogP contribution in [0.25, 0.3) is 0 Å². The second-order valence-electron chi connectivity index (χ2n) is 5.35. The van der Waals surface area contributed by atoms with E-state index in [-0.39, 0.29) is 11.7 Å². The quantitative estimate of drug-likeness (QED) is 0.544. The molecule has 1 aliphatic carbocycles. The van der Waals surface area contributed by atoms with Crippen molar-refractivity contribution in [1.82, 2.24) is 0 Å². The van der Waals surface area contributed by atoms with E-state index in [9.17, 15) is 0 Å². The lowest BCUT2D eigenvalue weighted by Gasteiger charge is -2.49. The highest BCUT2D eigenvalue weighted by atomic mass is 79.9. The summed E-state index contributed by atoms with van der Waals surface area (Å²) in [5, 5.41) is 0.765. The SMILES string of the molecule is CC1=C[C@H](C)C2(COC(CBr)OC2)[C@H](C)C1. The summed E-state index contributed by atoms with van der Waals surface area (Å²) in [6.07, 6.45) is 3.51. The predicted molar refractivity (Wildman–Crippen MR) is 68.6 cm³/mol. The van der Waals surface area contributed by atoms with Crippen molar-refractivity contribution < 1.29 is 9.47 Å². The lowest BCUT2D eigenvalue weighted by Crippen LogP contribution is -2.51. The second-order valence-corrected chi connectivity index (χ2v) is 5.99. The smallest absolute Gasteiger partial charge is 0.167 e. The van der Waals surface area contributed by atoms with Gasteiger partial charge in [-0.05, 0) is 25.2 Å². The van der Waals surface area contributed by atoms with Gasteiger partial charge in [-0.1, -0.05) is 41.4 Å². The van der Waals surface area contributed by atoms with Crippen molar-refractivity contribution in [2.75, 3.05) is 18.5 Å². The van der Waals surface area contributed by atoms with Gasteiger partial charge in [0, 0.05) is 5.41 Å². The summed E-state index contributed by atoms with van der Waals surface area (Å²) in [7, 11) is 0. The molecule has 0 saturated carbocycles. The van der Waals surface area contributed by atoms with Crippen LogP contribution in [-0.2, 0) is 9.47 Å². The third-order valence-corrected chi connectivity index (χ3v) is 4.78. The molecule has 1 saturated heterocycles. The zero-order valence-electron chi connectivity index (χ0n) is 10.3. The molecule has 1 aliphatic heterocycles. The summed E-state index contributed by atoms with van der Waals surface area (Å²) in [5.74, 6) is 1.19. The summed E-state index contributed by atoms with van der Waals surface area (Å²) in [4.78, 5) is 0. The molecular formula is C13H21BrO2. The van der Waals surface area contributed by atoms with Crippen molar-refractivity contribution >= 4 is 15.9 Å². The maximum absolute atomic E-state index is 5.80. The number of hydrogen-bond donors (Lipinski definition) is 0. The van der Waals surface area contributed by atoms with Crippen LogP contribution in [0.5, 0.6) is 0 Å². The van der Waals surface area contributed by atoms with Gasteiger partial charge in [0.1, 0.15) is 0 Å². The monoisotopic (exact) mass is 288 g/mol. The number of alkyl halides is 1. The first-order valence-electron chi connectivity index (χ1n) is 6.05. The topological polar surface area (TPSA) is 18.5 Å². The van der Waals surface area contributed by atoms with Gasteiger partial charge in [0.25, 0.3) is 0 Å². The summed E-state index contributed by atoms with van der Waals surface area (Å²) >= 11 is 3.40. The zero-order chi connectivity index (χ0) is 11.8. The fourth-order valence-corrected chi connectivity index (χ4v) is 3.39. The van der Waals surface area contributed by atoms with Crippen molar-refractivity contribution in [1.29, 1.82) is 0 Å². The van der Waals surface area contributed by atoms with Gasteiger partial charge in [-0.15, -0.1) is 0 Å². The third kappa shape index (κ3) is 2.09. The number of ether oxygens (including phenoxy) is 2. The number of hydrogen-bond acceptors (Lipinski definition) is 2. The molecule has 2 nitrogen and oxygen atoms in total. The summed E-state index contributed by atoms with van der Waals surface area (Å²) in [6, 6.07) is 0. The van der Waals surface area contributed by atoms with E-state index in [1.165, 1.54) is 12.0 Å². The van der Waals surface area contributed by atoms with Crippen molar-refractivity contribution in [3.8, 4) is 0 Å². The van der Waals surface area contributed by atoms with E-state index in [0.29, 0.717) is 11.8 Å². The molecule has 1 fully saturated rings. The van der Waals surface area contributed by atoms with Crippen molar-refractivity contribution in [2.45, 2.75) is 33.5 Å². The predicted octanol–water partition coefficient (Wildman–Crippen LogP) is 3.36. The van der Waals surface area contributed by atoms with Crippen LogP contribution < -0.4 is 0 Å². The Morgan fingerprint density at radius 3 is 2.50 bits per heavy atom. The van der Waals surface area contributed by atoms with Crippen LogP contribution in [0.3, 0.4) is 0 Å². The van der Waals surface area contributed by atoms with Gasteiger partial charge in [-0.25, -0.2) is 0 Å².